The number of nitrogens with two attached hydrogens (primary N) is 1. The molecule has 0 aliphatic rings. The monoisotopic (exact) mass is 238 g/mol. The molecule has 0 spiro atoms. The molecule has 0 bridgehead atoms. The first-order valence-electron chi connectivity index (χ1n) is 5.92. The number of hydrogen-bond acceptors (Lipinski definition) is 5. The van der Waals surface area contributed by atoms with Crippen LogP contribution in [0.1, 0.15) is 25.8 Å². The minimum Gasteiger partial charge on any atom is -0.481 e. The largest absolute Gasteiger partial charge is 0.481 e. The van der Waals surface area contributed by atoms with Crippen LogP contribution in [0, 0.1) is 12.8 Å². The summed E-state index contributed by atoms with van der Waals surface area (Å²) in [5.41, 5.74) is 6.55. The van der Waals surface area contributed by atoms with E-state index in [2.05, 4.69) is 29.1 Å². The normalized spacial score (nSPS) is 12.6. The predicted octanol–water partition coefficient (Wildman–Crippen LogP) is 1.58. The Bertz CT molecular complexity index is 354. The zero-order valence-corrected chi connectivity index (χ0v) is 11.0. The van der Waals surface area contributed by atoms with E-state index in [9.17, 15) is 0 Å². The summed E-state index contributed by atoms with van der Waals surface area (Å²) < 4.78 is 5.17. The Morgan fingerprint density at radius 2 is 2.12 bits per heavy atom. The van der Waals surface area contributed by atoms with Crippen LogP contribution in [0.4, 0.5) is 5.82 Å². The minimum atomic E-state index is 0.318. The molecule has 0 saturated carbocycles. The van der Waals surface area contributed by atoms with Gasteiger partial charge >= 0.3 is 0 Å². The fraction of sp³-hybridized carbons (Fsp3) is 0.667. The third-order valence-corrected chi connectivity index (χ3v) is 2.84. The van der Waals surface area contributed by atoms with E-state index in [1.165, 1.54) is 6.33 Å². The lowest BCUT2D eigenvalue weighted by atomic mass is 10.0. The SMILES string of the molecule is COc1ncnc(NC(CCN)C(C)C)c1C. The van der Waals surface area contributed by atoms with Crippen LogP contribution < -0.4 is 15.8 Å². The van der Waals surface area contributed by atoms with Gasteiger partial charge in [0.15, 0.2) is 0 Å². The first-order valence-corrected chi connectivity index (χ1v) is 5.92. The van der Waals surface area contributed by atoms with Gasteiger partial charge in [0, 0.05) is 6.04 Å². The molecule has 1 unspecified atom stereocenters. The van der Waals surface area contributed by atoms with Crippen molar-refractivity contribution >= 4 is 5.82 Å². The Labute approximate surface area is 103 Å². The van der Waals surface area contributed by atoms with Crippen LogP contribution in [-0.4, -0.2) is 29.7 Å². The van der Waals surface area contributed by atoms with Gasteiger partial charge in [-0.1, -0.05) is 13.8 Å². The Kier molecular flexibility index (Phi) is 5.15. The average molecular weight is 238 g/mol. The standard InChI is InChI=1S/C12H22N4O/c1-8(2)10(5-6-13)16-11-9(3)12(17-4)15-7-14-11/h7-8,10H,5-6,13H2,1-4H3,(H,14,15,16). The van der Waals surface area contributed by atoms with Gasteiger partial charge in [0.1, 0.15) is 12.1 Å². The molecule has 1 aromatic rings. The van der Waals surface area contributed by atoms with Gasteiger partial charge in [-0.25, -0.2) is 9.97 Å². The lowest BCUT2D eigenvalue weighted by molar-refractivity contribution is 0.393. The van der Waals surface area contributed by atoms with Gasteiger partial charge in [0.05, 0.1) is 12.7 Å². The van der Waals surface area contributed by atoms with Gasteiger partial charge in [-0.05, 0) is 25.8 Å². The topological polar surface area (TPSA) is 73.1 Å². The fourth-order valence-corrected chi connectivity index (χ4v) is 1.71. The van der Waals surface area contributed by atoms with Crippen LogP contribution in [0.3, 0.4) is 0 Å². The van der Waals surface area contributed by atoms with Crippen molar-refractivity contribution in [3.8, 4) is 5.88 Å². The molecule has 96 valence electrons. The van der Waals surface area contributed by atoms with Crippen LogP contribution in [0.25, 0.3) is 0 Å². The Balaban J connectivity index is 2.85. The van der Waals surface area contributed by atoms with Crippen molar-refractivity contribution in [2.24, 2.45) is 11.7 Å². The van der Waals surface area contributed by atoms with Gasteiger partial charge in [-0.3, -0.25) is 0 Å². The molecular weight excluding hydrogens is 216 g/mol. The molecule has 0 radical (unpaired) electrons. The van der Waals surface area contributed by atoms with E-state index >= 15 is 0 Å². The lowest BCUT2D eigenvalue weighted by Gasteiger charge is -2.23. The quantitative estimate of drug-likeness (QED) is 0.787. The van der Waals surface area contributed by atoms with E-state index in [0.29, 0.717) is 24.4 Å². The summed E-state index contributed by atoms with van der Waals surface area (Å²) in [5, 5.41) is 3.41. The highest BCUT2D eigenvalue weighted by atomic mass is 16.5. The molecule has 0 saturated heterocycles. The van der Waals surface area contributed by atoms with Crippen molar-refractivity contribution in [2.45, 2.75) is 33.2 Å². The van der Waals surface area contributed by atoms with Crippen molar-refractivity contribution in [3.05, 3.63) is 11.9 Å². The summed E-state index contributed by atoms with van der Waals surface area (Å²) >= 11 is 0. The molecule has 0 fully saturated rings. The molecule has 1 rings (SSSR count). The Morgan fingerprint density at radius 1 is 1.41 bits per heavy atom. The zero-order valence-electron chi connectivity index (χ0n) is 11.0. The highest BCUT2D eigenvalue weighted by Gasteiger charge is 2.15. The molecule has 1 aromatic heterocycles. The molecule has 0 aliphatic carbocycles. The first-order chi connectivity index (χ1) is 8.10. The number of nitrogens with one attached hydrogen (secondary N) is 1. The van der Waals surface area contributed by atoms with Gasteiger partial charge in [-0.15, -0.1) is 0 Å². The maximum atomic E-state index is 5.62. The molecule has 1 heterocycles. The van der Waals surface area contributed by atoms with Gasteiger partial charge in [0.25, 0.3) is 0 Å². The second-order valence-corrected chi connectivity index (χ2v) is 4.43. The summed E-state index contributed by atoms with van der Waals surface area (Å²) in [6.07, 6.45) is 2.43. The Hall–Kier alpha value is -1.36. The van der Waals surface area contributed by atoms with Crippen LogP contribution in [0.15, 0.2) is 6.33 Å². The highest BCUT2D eigenvalue weighted by Crippen LogP contribution is 2.22. The molecule has 0 aromatic carbocycles. The van der Waals surface area contributed by atoms with Crippen molar-refractivity contribution in [1.29, 1.82) is 0 Å². The minimum absolute atomic E-state index is 0.318. The van der Waals surface area contributed by atoms with Crippen LogP contribution >= 0.6 is 0 Å². The number of methoxy groups -OCH3 is 1. The van der Waals surface area contributed by atoms with Gasteiger partial charge in [-0.2, -0.15) is 0 Å². The van der Waals surface area contributed by atoms with Crippen molar-refractivity contribution in [3.63, 3.8) is 0 Å². The number of anilines is 1. The fourth-order valence-electron chi connectivity index (χ4n) is 1.71. The molecule has 1 atom stereocenters. The summed E-state index contributed by atoms with van der Waals surface area (Å²) in [7, 11) is 1.61. The van der Waals surface area contributed by atoms with Crippen LogP contribution in [-0.2, 0) is 0 Å². The number of aromatic nitrogens is 2. The number of hydrogen-bond donors (Lipinski definition) is 2. The van der Waals surface area contributed by atoms with E-state index in [4.69, 9.17) is 10.5 Å². The average Bonchev–Trinajstić information content (AvgIpc) is 2.30. The molecular formula is C12H22N4O. The first kappa shape index (κ1) is 13.7. The van der Waals surface area contributed by atoms with Crippen molar-refractivity contribution in [2.75, 3.05) is 19.0 Å². The third-order valence-electron chi connectivity index (χ3n) is 2.84. The van der Waals surface area contributed by atoms with Crippen LogP contribution in [0.5, 0.6) is 5.88 Å². The highest BCUT2D eigenvalue weighted by molar-refractivity contribution is 5.48. The van der Waals surface area contributed by atoms with E-state index in [0.717, 1.165) is 17.8 Å². The number of ether oxygens (including phenoxy) is 1. The van der Waals surface area contributed by atoms with E-state index in [1.54, 1.807) is 7.11 Å². The maximum Gasteiger partial charge on any atom is 0.221 e. The van der Waals surface area contributed by atoms with E-state index in [1.807, 2.05) is 6.92 Å². The number of rotatable bonds is 6. The molecule has 5 nitrogen and oxygen atoms in total. The summed E-state index contributed by atoms with van der Waals surface area (Å²) in [6, 6.07) is 0.318. The van der Waals surface area contributed by atoms with Gasteiger partial charge in [0.2, 0.25) is 5.88 Å². The van der Waals surface area contributed by atoms with Crippen molar-refractivity contribution < 1.29 is 4.74 Å². The molecule has 17 heavy (non-hydrogen) atoms. The third kappa shape index (κ3) is 3.56. The van der Waals surface area contributed by atoms with Crippen LogP contribution in [0.2, 0.25) is 0 Å². The second-order valence-electron chi connectivity index (χ2n) is 4.43. The summed E-state index contributed by atoms with van der Waals surface area (Å²) in [4.78, 5) is 8.31. The van der Waals surface area contributed by atoms with Crippen molar-refractivity contribution in [1.82, 2.24) is 9.97 Å². The van der Waals surface area contributed by atoms with E-state index in [-0.39, 0.29) is 0 Å². The predicted molar refractivity (Wildman–Crippen MR) is 69.2 cm³/mol. The molecule has 0 aliphatic heterocycles. The molecule has 0 amide bonds. The zero-order chi connectivity index (χ0) is 12.8. The molecule has 5 heteroatoms. The smallest absolute Gasteiger partial charge is 0.221 e. The number of nitrogens with zero attached hydrogens (tertiary/aromatic N) is 2. The van der Waals surface area contributed by atoms with E-state index < -0.39 is 0 Å². The van der Waals surface area contributed by atoms with Gasteiger partial charge < -0.3 is 15.8 Å². The summed E-state index contributed by atoms with van der Waals surface area (Å²) in [5.74, 6) is 1.93. The maximum absolute atomic E-state index is 5.62. The lowest BCUT2D eigenvalue weighted by Crippen LogP contribution is -2.29. The second kappa shape index (κ2) is 6.39. The molecule has 3 N–H and O–H groups in total. The Morgan fingerprint density at radius 3 is 2.65 bits per heavy atom. The summed E-state index contributed by atoms with van der Waals surface area (Å²) in [6.45, 7) is 6.94.